The van der Waals surface area contributed by atoms with Gasteiger partial charge >= 0.3 is 5.97 Å². The molecule has 0 saturated carbocycles. The zero-order valence-electron chi connectivity index (χ0n) is 11.1. The van der Waals surface area contributed by atoms with E-state index >= 15 is 0 Å². The summed E-state index contributed by atoms with van der Waals surface area (Å²) in [7, 11) is 0. The lowest BCUT2D eigenvalue weighted by Gasteiger charge is -2.12. The van der Waals surface area contributed by atoms with Gasteiger partial charge in [0.15, 0.2) is 0 Å². The fraction of sp³-hybridized carbons (Fsp3) is 0.143. The minimum atomic E-state index is -1.07. The lowest BCUT2D eigenvalue weighted by atomic mass is 10.1. The van der Waals surface area contributed by atoms with Crippen LogP contribution in [0.25, 0.3) is 0 Å². The number of aromatic carboxylic acids is 1. The molecule has 0 aliphatic carbocycles. The van der Waals surface area contributed by atoms with E-state index in [4.69, 9.17) is 5.73 Å². The molecule has 0 saturated heterocycles. The van der Waals surface area contributed by atoms with Crippen molar-refractivity contribution in [3.05, 3.63) is 45.6 Å². The van der Waals surface area contributed by atoms with Crippen LogP contribution in [-0.4, -0.2) is 16.1 Å². The van der Waals surface area contributed by atoms with Gasteiger partial charge in [0, 0.05) is 10.2 Å². The summed E-state index contributed by atoms with van der Waals surface area (Å²) in [6.45, 7) is 3.94. The number of hydrogen-bond acceptors (Lipinski definition) is 4. The minimum Gasteiger partial charge on any atom is -0.478 e. The molecule has 1 heterocycles. The number of aromatic nitrogens is 1. The Morgan fingerprint density at radius 3 is 2.45 bits per heavy atom. The number of carboxylic acid groups (broad SMARTS) is 1. The maximum atomic E-state index is 11.2. The number of nitrogens with zero attached hydrogens (tertiary/aromatic N) is 1. The molecule has 0 aliphatic rings. The Labute approximate surface area is 125 Å². The molecule has 4 N–H and O–H groups in total. The van der Waals surface area contributed by atoms with Gasteiger partial charge in [0.25, 0.3) is 0 Å². The predicted octanol–water partition coefficient (Wildman–Crippen LogP) is 3.48. The van der Waals surface area contributed by atoms with Gasteiger partial charge in [0.2, 0.25) is 0 Å². The van der Waals surface area contributed by atoms with Crippen molar-refractivity contribution in [2.75, 3.05) is 11.1 Å². The molecule has 6 heteroatoms. The molecule has 0 spiro atoms. The van der Waals surface area contributed by atoms with Crippen LogP contribution in [0.1, 0.15) is 21.5 Å². The lowest BCUT2D eigenvalue weighted by molar-refractivity contribution is 0.0697. The van der Waals surface area contributed by atoms with Crippen molar-refractivity contribution in [2.45, 2.75) is 13.8 Å². The molecule has 20 heavy (non-hydrogen) atoms. The number of aryl methyl sites for hydroxylation is 2. The minimum absolute atomic E-state index is 0.0447. The van der Waals surface area contributed by atoms with Crippen molar-refractivity contribution in [3.63, 3.8) is 0 Å². The summed E-state index contributed by atoms with van der Waals surface area (Å²) in [6, 6.07) is 5.22. The van der Waals surface area contributed by atoms with Crippen LogP contribution >= 0.6 is 15.9 Å². The predicted molar refractivity (Wildman–Crippen MR) is 82.5 cm³/mol. The van der Waals surface area contributed by atoms with Gasteiger partial charge in [0.05, 0.1) is 11.9 Å². The highest BCUT2D eigenvalue weighted by molar-refractivity contribution is 9.10. The molecule has 0 fully saturated rings. The van der Waals surface area contributed by atoms with Crippen molar-refractivity contribution >= 4 is 39.1 Å². The van der Waals surface area contributed by atoms with Crippen molar-refractivity contribution in [2.24, 2.45) is 0 Å². The van der Waals surface area contributed by atoms with E-state index in [0.717, 1.165) is 21.3 Å². The van der Waals surface area contributed by atoms with Gasteiger partial charge in [-0.05, 0) is 43.2 Å². The van der Waals surface area contributed by atoms with Crippen LogP contribution in [0.4, 0.5) is 17.2 Å². The topological polar surface area (TPSA) is 88.2 Å². The van der Waals surface area contributed by atoms with Crippen LogP contribution in [0.5, 0.6) is 0 Å². The molecule has 5 nitrogen and oxygen atoms in total. The van der Waals surface area contributed by atoms with Crippen LogP contribution in [-0.2, 0) is 0 Å². The Morgan fingerprint density at radius 2 is 1.90 bits per heavy atom. The van der Waals surface area contributed by atoms with E-state index in [1.807, 2.05) is 26.0 Å². The van der Waals surface area contributed by atoms with Gasteiger partial charge < -0.3 is 16.2 Å². The second-order valence-corrected chi connectivity index (χ2v) is 5.31. The van der Waals surface area contributed by atoms with E-state index in [9.17, 15) is 9.90 Å². The Morgan fingerprint density at radius 1 is 1.30 bits per heavy atom. The van der Waals surface area contributed by atoms with E-state index in [0.29, 0.717) is 5.69 Å². The summed E-state index contributed by atoms with van der Waals surface area (Å²) in [4.78, 5) is 15.3. The van der Waals surface area contributed by atoms with Gasteiger partial charge in [-0.25, -0.2) is 9.78 Å². The quantitative estimate of drug-likeness (QED) is 0.799. The smallest absolute Gasteiger partial charge is 0.339 e. The third kappa shape index (κ3) is 2.91. The fourth-order valence-corrected chi connectivity index (χ4v) is 2.13. The summed E-state index contributed by atoms with van der Waals surface area (Å²) in [5.41, 5.74) is 8.82. The largest absolute Gasteiger partial charge is 0.478 e. The van der Waals surface area contributed by atoms with Crippen molar-refractivity contribution in [1.29, 1.82) is 0 Å². The third-order valence-electron chi connectivity index (χ3n) is 2.84. The Bertz CT molecular complexity index is 663. The van der Waals surface area contributed by atoms with Crippen LogP contribution in [0.2, 0.25) is 0 Å². The molecule has 0 amide bonds. The summed E-state index contributed by atoms with van der Waals surface area (Å²) < 4.78 is 1.03. The zero-order valence-corrected chi connectivity index (χ0v) is 12.7. The first-order valence-electron chi connectivity index (χ1n) is 5.91. The fourth-order valence-electron chi connectivity index (χ4n) is 1.90. The highest BCUT2D eigenvalue weighted by Gasteiger charge is 2.13. The summed E-state index contributed by atoms with van der Waals surface area (Å²) in [5, 5.41) is 12.2. The van der Waals surface area contributed by atoms with Gasteiger partial charge in [0.1, 0.15) is 11.4 Å². The number of benzene rings is 1. The van der Waals surface area contributed by atoms with Gasteiger partial charge in [-0.1, -0.05) is 15.9 Å². The van der Waals surface area contributed by atoms with Crippen molar-refractivity contribution in [1.82, 2.24) is 4.98 Å². The number of carboxylic acids is 1. The Hall–Kier alpha value is -2.08. The summed E-state index contributed by atoms with van der Waals surface area (Å²) >= 11 is 3.49. The monoisotopic (exact) mass is 335 g/mol. The highest BCUT2D eigenvalue weighted by atomic mass is 79.9. The summed E-state index contributed by atoms with van der Waals surface area (Å²) in [6.07, 6.45) is 1.42. The molecular formula is C14H14BrN3O2. The van der Waals surface area contributed by atoms with E-state index in [2.05, 4.69) is 26.2 Å². The van der Waals surface area contributed by atoms with Gasteiger partial charge in [-0.15, -0.1) is 0 Å². The normalized spacial score (nSPS) is 10.3. The van der Waals surface area contributed by atoms with Crippen LogP contribution in [0.3, 0.4) is 0 Å². The number of rotatable bonds is 3. The van der Waals surface area contributed by atoms with E-state index < -0.39 is 5.97 Å². The Balaban J connectivity index is 2.42. The van der Waals surface area contributed by atoms with Crippen LogP contribution < -0.4 is 11.1 Å². The van der Waals surface area contributed by atoms with E-state index in [1.165, 1.54) is 12.3 Å². The number of nitrogens with one attached hydrogen (secondary N) is 1. The average molecular weight is 336 g/mol. The van der Waals surface area contributed by atoms with Gasteiger partial charge in [-0.3, -0.25) is 0 Å². The molecule has 2 rings (SSSR count). The molecule has 2 aromatic rings. The molecule has 0 radical (unpaired) electrons. The first-order valence-corrected chi connectivity index (χ1v) is 6.70. The molecule has 104 valence electrons. The molecular weight excluding hydrogens is 322 g/mol. The second-order valence-electron chi connectivity index (χ2n) is 4.52. The number of hydrogen-bond donors (Lipinski definition) is 3. The lowest BCUT2D eigenvalue weighted by Crippen LogP contribution is -2.06. The van der Waals surface area contributed by atoms with Crippen molar-refractivity contribution in [3.8, 4) is 0 Å². The van der Waals surface area contributed by atoms with Crippen LogP contribution in [0.15, 0.2) is 28.9 Å². The standard InChI is InChI=1S/C14H14BrN3O2/c1-7-3-10(4-8(2)12(7)15)18-13-11(14(19)20)5-9(16)6-17-13/h3-6H,16H2,1-2H3,(H,17,18)(H,19,20). The summed E-state index contributed by atoms with van der Waals surface area (Å²) in [5.74, 6) is -0.800. The first kappa shape index (κ1) is 14.3. The molecule has 0 bridgehead atoms. The average Bonchev–Trinajstić information content (AvgIpc) is 2.37. The Kier molecular flexibility index (Phi) is 3.94. The van der Waals surface area contributed by atoms with Crippen molar-refractivity contribution < 1.29 is 9.90 Å². The third-order valence-corrected chi connectivity index (χ3v) is 4.09. The molecule has 0 aliphatic heterocycles. The molecule has 0 unspecified atom stereocenters. The molecule has 1 aromatic heterocycles. The number of pyridine rings is 1. The number of nitrogens with two attached hydrogens (primary N) is 1. The van der Waals surface area contributed by atoms with Crippen LogP contribution in [0, 0.1) is 13.8 Å². The van der Waals surface area contributed by atoms with E-state index in [-0.39, 0.29) is 11.4 Å². The number of nitrogen functional groups attached to an aromatic ring is 1. The SMILES string of the molecule is Cc1cc(Nc2ncc(N)cc2C(=O)O)cc(C)c1Br. The zero-order chi connectivity index (χ0) is 14.9. The van der Waals surface area contributed by atoms with E-state index in [1.54, 1.807) is 0 Å². The number of carbonyl (C=O) groups is 1. The highest BCUT2D eigenvalue weighted by Crippen LogP contribution is 2.27. The molecule has 0 atom stereocenters. The molecule has 1 aromatic carbocycles. The first-order chi connectivity index (χ1) is 9.38. The number of anilines is 3. The second kappa shape index (κ2) is 5.50. The maximum Gasteiger partial charge on any atom is 0.339 e. The van der Waals surface area contributed by atoms with Gasteiger partial charge in [-0.2, -0.15) is 0 Å². The number of halogens is 1. The maximum absolute atomic E-state index is 11.2.